The summed E-state index contributed by atoms with van der Waals surface area (Å²) in [7, 11) is -3.09. The molecule has 2 heterocycles. The van der Waals surface area contributed by atoms with Crippen LogP contribution in [0.3, 0.4) is 0 Å². The van der Waals surface area contributed by atoms with Crippen LogP contribution in [0, 0.1) is 0 Å². The van der Waals surface area contributed by atoms with Crippen molar-refractivity contribution < 1.29 is 12.9 Å². The van der Waals surface area contributed by atoms with E-state index in [2.05, 4.69) is 15.5 Å². The number of nitrogens with one attached hydrogen (secondary N) is 1. The van der Waals surface area contributed by atoms with E-state index in [1.165, 1.54) is 0 Å². The van der Waals surface area contributed by atoms with Crippen LogP contribution >= 0.6 is 12.4 Å². The molecule has 1 saturated heterocycles. The third kappa shape index (κ3) is 3.15. The van der Waals surface area contributed by atoms with Gasteiger partial charge < -0.3 is 9.84 Å². The second kappa shape index (κ2) is 4.46. The Morgan fingerprint density at radius 1 is 1.53 bits per heavy atom. The van der Waals surface area contributed by atoms with Crippen molar-refractivity contribution in [2.24, 2.45) is 0 Å². The van der Waals surface area contributed by atoms with Gasteiger partial charge in [-0.05, 0) is 0 Å². The van der Waals surface area contributed by atoms with Gasteiger partial charge in [0.05, 0.1) is 0 Å². The third-order valence-electron chi connectivity index (χ3n) is 2.02. The van der Waals surface area contributed by atoms with Gasteiger partial charge in [0, 0.05) is 25.3 Å². The molecule has 0 aliphatic carbocycles. The summed E-state index contributed by atoms with van der Waals surface area (Å²) in [6.45, 7) is 1.66. The normalized spacial score (nSPS) is 16.9. The molecule has 0 bridgehead atoms. The van der Waals surface area contributed by atoms with Crippen LogP contribution in [0.5, 0.6) is 0 Å². The second-order valence-corrected chi connectivity index (χ2v) is 5.61. The number of nitrogens with zero attached hydrogens (tertiary/aromatic N) is 2. The zero-order valence-corrected chi connectivity index (χ0v) is 9.77. The molecule has 0 amide bonds. The quantitative estimate of drug-likeness (QED) is 0.798. The fourth-order valence-corrected chi connectivity index (χ4v) is 1.75. The van der Waals surface area contributed by atoms with Crippen molar-refractivity contribution in [2.75, 3.05) is 19.3 Å². The SMILES string of the molecule is CS(=O)(=O)Cc1nc(C2CNC2)no1.Cl. The van der Waals surface area contributed by atoms with E-state index in [-0.39, 0.29) is 30.0 Å². The first-order valence-electron chi connectivity index (χ1n) is 4.25. The Hall–Kier alpha value is -0.660. The van der Waals surface area contributed by atoms with Crippen molar-refractivity contribution in [3.63, 3.8) is 0 Å². The van der Waals surface area contributed by atoms with Gasteiger partial charge in [0.15, 0.2) is 15.7 Å². The maximum absolute atomic E-state index is 10.9. The molecule has 6 nitrogen and oxygen atoms in total. The lowest BCUT2D eigenvalue weighted by Gasteiger charge is -2.23. The van der Waals surface area contributed by atoms with Crippen molar-refractivity contribution in [1.82, 2.24) is 15.5 Å². The molecule has 15 heavy (non-hydrogen) atoms. The van der Waals surface area contributed by atoms with E-state index in [0.717, 1.165) is 19.3 Å². The van der Waals surface area contributed by atoms with E-state index in [0.29, 0.717) is 5.82 Å². The number of aromatic nitrogens is 2. The molecule has 0 atom stereocenters. The molecule has 1 aliphatic heterocycles. The Morgan fingerprint density at radius 3 is 2.67 bits per heavy atom. The lowest BCUT2D eigenvalue weighted by molar-refractivity contribution is 0.362. The van der Waals surface area contributed by atoms with Crippen molar-refractivity contribution in [3.05, 3.63) is 11.7 Å². The molecular weight excluding hydrogens is 242 g/mol. The molecule has 1 fully saturated rings. The lowest BCUT2D eigenvalue weighted by atomic mass is 10.0. The predicted octanol–water partition coefficient (Wildman–Crippen LogP) is -0.277. The van der Waals surface area contributed by atoms with Gasteiger partial charge in [0.2, 0.25) is 5.89 Å². The van der Waals surface area contributed by atoms with Gasteiger partial charge in [-0.1, -0.05) is 5.16 Å². The zero-order valence-electron chi connectivity index (χ0n) is 8.13. The summed E-state index contributed by atoms with van der Waals surface area (Å²) in [6, 6.07) is 0. The summed E-state index contributed by atoms with van der Waals surface area (Å²) in [5.74, 6) is 0.865. The monoisotopic (exact) mass is 253 g/mol. The first-order valence-corrected chi connectivity index (χ1v) is 6.31. The van der Waals surface area contributed by atoms with Gasteiger partial charge in [-0.25, -0.2) is 8.42 Å². The third-order valence-corrected chi connectivity index (χ3v) is 2.79. The highest BCUT2D eigenvalue weighted by Crippen LogP contribution is 2.16. The van der Waals surface area contributed by atoms with Crippen molar-refractivity contribution in [2.45, 2.75) is 11.7 Å². The van der Waals surface area contributed by atoms with Crippen LogP contribution < -0.4 is 5.32 Å². The molecule has 2 rings (SSSR count). The van der Waals surface area contributed by atoms with E-state index >= 15 is 0 Å². The van der Waals surface area contributed by atoms with E-state index < -0.39 is 9.84 Å². The first-order chi connectivity index (χ1) is 6.54. The first kappa shape index (κ1) is 12.4. The van der Waals surface area contributed by atoms with Crippen molar-refractivity contribution >= 4 is 22.2 Å². The maximum Gasteiger partial charge on any atom is 0.241 e. The summed E-state index contributed by atoms with van der Waals surface area (Å²) < 4.78 is 26.7. The second-order valence-electron chi connectivity index (χ2n) is 3.47. The Morgan fingerprint density at radius 2 is 2.20 bits per heavy atom. The Labute approximate surface area is 93.8 Å². The zero-order chi connectivity index (χ0) is 10.2. The van der Waals surface area contributed by atoms with Gasteiger partial charge in [-0.3, -0.25) is 0 Å². The Balaban J connectivity index is 0.00000112. The molecule has 0 saturated carbocycles. The molecule has 1 N–H and O–H groups in total. The summed E-state index contributed by atoms with van der Waals surface area (Å²) in [5.41, 5.74) is 0. The van der Waals surface area contributed by atoms with Crippen LogP contribution in [-0.2, 0) is 15.6 Å². The van der Waals surface area contributed by atoms with E-state index in [1.807, 2.05) is 0 Å². The molecule has 0 radical (unpaired) electrons. The maximum atomic E-state index is 10.9. The average molecular weight is 254 g/mol. The van der Waals surface area contributed by atoms with Gasteiger partial charge >= 0.3 is 0 Å². The minimum atomic E-state index is -3.09. The van der Waals surface area contributed by atoms with Crippen LogP contribution in [0.2, 0.25) is 0 Å². The van der Waals surface area contributed by atoms with Crippen LogP contribution in [0.15, 0.2) is 4.52 Å². The van der Waals surface area contributed by atoms with E-state index in [4.69, 9.17) is 4.52 Å². The number of sulfone groups is 1. The van der Waals surface area contributed by atoms with Crippen LogP contribution in [0.25, 0.3) is 0 Å². The van der Waals surface area contributed by atoms with Crippen molar-refractivity contribution in [1.29, 1.82) is 0 Å². The van der Waals surface area contributed by atoms with E-state index in [9.17, 15) is 8.42 Å². The lowest BCUT2D eigenvalue weighted by Crippen LogP contribution is -2.40. The standard InChI is InChI=1S/C7H11N3O3S.ClH/c1-14(11,12)4-6-9-7(10-13-6)5-2-8-3-5;/h5,8H,2-4H2,1H3;1H. The summed E-state index contributed by atoms with van der Waals surface area (Å²) >= 11 is 0. The summed E-state index contributed by atoms with van der Waals surface area (Å²) in [4.78, 5) is 4.02. The molecule has 86 valence electrons. The molecule has 1 aliphatic rings. The number of hydrogen-bond donors (Lipinski definition) is 1. The van der Waals surface area contributed by atoms with Crippen LogP contribution in [0.1, 0.15) is 17.6 Å². The highest BCUT2D eigenvalue weighted by atomic mass is 35.5. The summed E-state index contributed by atoms with van der Waals surface area (Å²) in [5, 5.41) is 6.81. The van der Waals surface area contributed by atoms with E-state index in [1.54, 1.807) is 0 Å². The van der Waals surface area contributed by atoms with Crippen LogP contribution in [0.4, 0.5) is 0 Å². The minimum absolute atomic E-state index is 0. The molecule has 0 spiro atoms. The molecule has 0 unspecified atom stereocenters. The summed E-state index contributed by atoms with van der Waals surface area (Å²) in [6.07, 6.45) is 1.14. The Kier molecular flexibility index (Phi) is 3.69. The minimum Gasteiger partial charge on any atom is -0.338 e. The van der Waals surface area contributed by atoms with Gasteiger partial charge in [-0.2, -0.15) is 4.98 Å². The van der Waals surface area contributed by atoms with Crippen molar-refractivity contribution in [3.8, 4) is 0 Å². The highest BCUT2D eigenvalue weighted by Gasteiger charge is 2.24. The Bertz CT molecular complexity index is 426. The number of rotatable bonds is 3. The average Bonchev–Trinajstić information content (AvgIpc) is 2.28. The van der Waals surface area contributed by atoms with Crippen LogP contribution in [-0.4, -0.2) is 37.9 Å². The number of hydrogen-bond acceptors (Lipinski definition) is 6. The molecule has 1 aromatic rings. The van der Waals surface area contributed by atoms with Gasteiger partial charge in [0.1, 0.15) is 5.75 Å². The number of halogens is 1. The molecule has 0 aromatic carbocycles. The molecule has 1 aromatic heterocycles. The molecule has 8 heteroatoms. The predicted molar refractivity (Wildman–Crippen MR) is 55.7 cm³/mol. The largest absolute Gasteiger partial charge is 0.338 e. The fraction of sp³-hybridized carbons (Fsp3) is 0.714. The van der Waals surface area contributed by atoms with Gasteiger partial charge in [-0.15, -0.1) is 12.4 Å². The van der Waals surface area contributed by atoms with Gasteiger partial charge in [0.25, 0.3) is 0 Å². The fourth-order valence-electron chi connectivity index (χ4n) is 1.19. The smallest absolute Gasteiger partial charge is 0.241 e. The topological polar surface area (TPSA) is 85.1 Å². The molecular formula is C7H12ClN3O3S. The highest BCUT2D eigenvalue weighted by molar-refractivity contribution is 7.89.